The fraction of sp³-hybridized carbons (Fsp3) is 0.467. The molecule has 0 bridgehead atoms. The molecule has 0 radical (unpaired) electrons. The Morgan fingerprint density at radius 2 is 2.32 bits per heavy atom. The van der Waals surface area contributed by atoms with Gasteiger partial charge in [0.2, 0.25) is 5.91 Å². The van der Waals surface area contributed by atoms with Crippen LogP contribution >= 0.6 is 22.9 Å². The molecule has 0 aromatic carbocycles. The number of hydrogen-bond acceptors (Lipinski definition) is 4. The Balaban J connectivity index is 1.89. The summed E-state index contributed by atoms with van der Waals surface area (Å²) in [7, 11) is 1.75. The first-order valence-corrected chi connectivity index (χ1v) is 8.33. The molecule has 2 aromatic rings. The predicted octanol–water partition coefficient (Wildman–Crippen LogP) is 2.61. The van der Waals surface area contributed by atoms with Gasteiger partial charge in [-0.05, 0) is 31.7 Å². The van der Waals surface area contributed by atoms with Crippen LogP contribution in [-0.2, 0) is 18.3 Å². The molecular formula is C15H20ClN3O2S. The van der Waals surface area contributed by atoms with Gasteiger partial charge in [-0.25, -0.2) is 0 Å². The largest absolute Gasteiger partial charge is 0.387 e. The number of nitrogens with one attached hydrogen (secondary N) is 1. The number of aryl methyl sites for hydroxylation is 2. The van der Waals surface area contributed by atoms with Gasteiger partial charge < -0.3 is 10.4 Å². The summed E-state index contributed by atoms with van der Waals surface area (Å²) in [6.45, 7) is 3.71. The average Bonchev–Trinajstić information content (AvgIpc) is 3.04. The number of aliphatic hydroxyl groups is 1. The molecule has 7 heteroatoms. The number of rotatable bonds is 6. The minimum Gasteiger partial charge on any atom is -0.387 e. The molecule has 0 aliphatic rings. The Hall–Kier alpha value is -1.37. The molecule has 2 unspecified atom stereocenters. The smallest absolute Gasteiger partial charge is 0.224 e. The lowest BCUT2D eigenvalue weighted by atomic mass is 10.1. The van der Waals surface area contributed by atoms with E-state index in [0.29, 0.717) is 11.6 Å². The molecule has 0 aliphatic heterocycles. The van der Waals surface area contributed by atoms with Crippen molar-refractivity contribution in [2.45, 2.75) is 38.8 Å². The zero-order valence-electron chi connectivity index (χ0n) is 12.8. The fourth-order valence-corrected chi connectivity index (χ4v) is 3.32. The third kappa shape index (κ3) is 4.09. The van der Waals surface area contributed by atoms with Gasteiger partial charge in [-0.1, -0.05) is 17.7 Å². The van der Waals surface area contributed by atoms with Gasteiger partial charge in [0.1, 0.15) is 5.15 Å². The zero-order chi connectivity index (χ0) is 16.3. The van der Waals surface area contributed by atoms with Crippen LogP contribution < -0.4 is 5.32 Å². The van der Waals surface area contributed by atoms with E-state index in [1.165, 1.54) is 11.3 Å². The highest BCUT2D eigenvalue weighted by Crippen LogP contribution is 2.23. The minimum atomic E-state index is -0.556. The van der Waals surface area contributed by atoms with Crippen molar-refractivity contribution >= 4 is 28.8 Å². The molecule has 2 rings (SSSR count). The normalized spacial score (nSPS) is 13.9. The van der Waals surface area contributed by atoms with Gasteiger partial charge in [-0.15, -0.1) is 11.3 Å². The maximum Gasteiger partial charge on any atom is 0.224 e. The summed E-state index contributed by atoms with van der Waals surface area (Å²) in [4.78, 5) is 13.0. The SMILES string of the molecule is Cc1nn(C)c(Cl)c1CC(=O)NC(C)CC(O)c1cccs1. The second kappa shape index (κ2) is 7.26. The van der Waals surface area contributed by atoms with Crippen molar-refractivity contribution in [3.63, 3.8) is 0 Å². The van der Waals surface area contributed by atoms with Crippen LogP contribution in [0, 0.1) is 6.92 Å². The molecular weight excluding hydrogens is 322 g/mol. The van der Waals surface area contributed by atoms with Gasteiger partial charge in [0, 0.05) is 23.5 Å². The van der Waals surface area contributed by atoms with E-state index in [4.69, 9.17) is 11.6 Å². The summed E-state index contributed by atoms with van der Waals surface area (Å²) in [6, 6.07) is 3.67. The molecule has 0 fully saturated rings. The molecule has 0 saturated heterocycles. The van der Waals surface area contributed by atoms with Gasteiger partial charge >= 0.3 is 0 Å². The second-order valence-electron chi connectivity index (χ2n) is 5.39. The Morgan fingerprint density at radius 1 is 1.59 bits per heavy atom. The lowest BCUT2D eigenvalue weighted by Gasteiger charge is -2.17. The van der Waals surface area contributed by atoms with Crippen LogP contribution in [0.1, 0.15) is 35.6 Å². The maximum absolute atomic E-state index is 12.1. The van der Waals surface area contributed by atoms with E-state index in [1.54, 1.807) is 11.7 Å². The van der Waals surface area contributed by atoms with Crippen molar-refractivity contribution < 1.29 is 9.90 Å². The molecule has 0 aliphatic carbocycles. The first kappa shape index (κ1) is 17.0. The van der Waals surface area contributed by atoms with E-state index in [1.807, 2.05) is 31.4 Å². The topological polar surface area (TPSA) is 67.2 Å². The van der Waals surface area contributed by atoms with Crippen molar-refractivity contribution in [3.8, 4) is 0 Å². The molecule has 2 atom stereocenters. The standard InChI is InChI=1S/C15H20ClN3O2S/c1-9(7-12(20)13-5-4-6-22-13)17-14(21)8-11-10(2)18-19(3)15(11)16/h4-6,9,12,20H,7-8H2,1-3H3,(H,17,21). The van der Waals surface area contributed by atoms with E-state index in [0.717, 1.165) is 16.1 Å². The molecule has 0 spiro atoms. The molecule has 1 amide bonds. The molecule has 5 nitrogen and oxygen atoms in total. The van der Waals surface area contributed by atoms with Gasteiger partial charge in [-0.3, -0.25) is 9.48 Å². The zero-order valence-corrected chi connectivity index (χ0v) is 14.4. The first-order chi connectivity index (χ1) is 10.4. The third-order valence-electron chi connectivity index (χ3n) is 3.46. The van der Waals surface area contributed by atoms with Gasteiger partial charge in [-0.2, -0.15) is 5.10 Å². The number of amides is 1. The number of carbonyl (C=O) groups is 1. The van der Waals surface area contributed by atoms with Crippen LogP contribution in [0.2, 0.25) is 5.15 Å². The van der Waals surface area contributed by atoms with Gasteiger partial charge in [0.05, 0.1) is 18.2 Å². The Labute approximate surface area is 138 Å². The number of carbonyl (C=O) groups excluding carboxylic acids is 1. The number of aliphatic hydroxyl groups excluding tert-OH is 1. The lowest BCUT2D eigenvalue weighted by Crippen LogP contribution is -2.34. The highest BCUT2D eigenvalue weighted by atomic mass is 35.5. The highest BCUT2D eigenvalue weighted by molar-refractivity contribution is 7.10. The molecule has 2 aromatic heterocycles. The summed E-state index contributed by atoms with van der Waals surface area (Å²) in [5, 5.41) is 19.6. The maximum atomic E-state index is 12.1. The summed E-state index contributed by atoms with van der Waals surface area (Å²) < 4.78 is 1.56. The van der Waals surface area contributed by atoms with Crippen LogP contribution in [0.15, 0.2) is 17.5 Å². The summed E-state index contributed by atoms with van der Waals surface area (Å²) in [5.74, 6) is -0.121. The minimum absolute atomic E-state index is 0.121. The number of nitrogens with zero attached hydrogens (tertiary/aromatic N) is 2. The molecule has 2 heterocycles. The molecule has 0 saturated carbocycles. The predicted molar refractivity (Wildman–Crippen MR) is 88.2 cm³/mol. The summed E-state index contributed by atoms with van der Waals surface area (Å²) >= 11 is 7.64. The molecule has 22 heavy (non-hydrogen) atoms. The molecule has 2 N–H and O–H groups in total. The highest BCUT2D eigenvalue weighted by Gasteiger charge is 2.18. The van der Waals surface area contributed by atoms with Gasteiger partial charge in [0.15, 0.2) is 0 Å². The summed E-state index contributed by atoms with van der Waals surface area (Å²) in [5.41, 5.74) is 1.50. The second-order valence-corrected chi connectivity index (χ2v) is 6.73. The fourth-order valence-electron chi connectivity index (χ4n) is 2.35. The Morgan fingerprint density at radius 3 is 2.86 bits per heavy atom. The van der Waals surface area contributed by atoms with Crippen molar-refractivity contribution in [2.24, 2.45) is 7.05 Å². The van der Waals surface area contributed by atoms with E-state index in [2.05, 4.69) is 10.4 Å². The summed E-state index contributed by atoms with van der Waals surface area (Å²) in [6.07, 6.45) is 0.114. The Bertz CT molecular complexity index is 640. The van der Waals surface area contributed by atoms with Crippen molar-refractivity contribution in [1.29, 1.82) is 0 Å². The van der Waals surface area contributed by atoms with E-state index in [9.17, 15) is 9.90 Å². The number of aromatic nitrogens is 2. The van der Waals surface area contributed by atoms with E-state index in [-0.39, 0.29) is 18.4 Å². The average molecular weight is 342 g/mol. The van der Waals surface area contributed by atoms with E-state index < -0.39 is 6.10 Å². The van der Waals surface area contributed by atoms with E-state index >= 15 is 0 Å². The van der Waals surface area contributed by atoms with Crippen molar-refractivity contribution in [2.75, 3.05) is 0 Å². The number of hydrogen-bond donors (Lipinski definition) is 2. The van der Waals surface area contributed by atoms with Crippen molar-refractivity contribution in [3.05, 3.63) is 38.8 Å². The van der Waals surface area contributed by atoms with Crippen LogP contribution in [0.3, 0.4) is 0 Å². The van der Waals surface area contributed by atoms with Crippen LogP contribution in [0.25, 0.3) is 0 Å². The van der Waals surface area contributed by atoms with Crippen LogP contribution in [-0.4, -0.2) is 26.8 Å². The Kier molecular flexibility index (Phi) is 5.61. The number of halogens is 1. The molecule has 120 valence electrons. The quantitative estimate of drug-likeness (QED) is 0.848. The van der Waals surface area contributed by atoms with Gasteiger partial charge in [0.25, 0.3) is 0 Å². The van der Waals surface area contributed by atoms with Crippen molar-refractivity contribution in [1.82, 2.24) is 15.1 Å². The van der Waals surface area contributed by atoms with Crippen LogP contribution in [0.5, 0.6) is 0 Å². The third-order valence-corrected chi connectivity index (χ3v) is 4.91. The monoisotopic (exact) mass is 341 g/mol. The van der Waals surface area contributed by atoms with Crippen LogP contribution in [0.4, 0.5) is 0 Å². The number of thiophene rings is 1. The lowest BCUT2D eigenvalue weighted by molar-refractivity contribution is -0.121. The first-order valence-electron chi connectivity index (χ1n) is 7.07.